The minimum atomic E-state index is -0.470. The summed E-state index contributed by atoms with van der Waals surface area (Å²) in [6, 6.07) is 0. The molecule has 7 nitrogen and oxygen atoms in total. The maximum absolute atomic E-state index is 11.3. The summed E-state index contributed by atoms with van der Waals surface area (Å²) < 4.78 is 0. The van der Waals surface area contributed by atoms with Gasteiger partial charge >= 0.3 is 5.69 Å². The maximum Gasteiger partial charge on any atom is 0.353 e. The normalized spacial score (nSPS) is 12.1. The van der Waals surface area contributed by atoms with Crippen LogP contribution < -0.4 is 10.6 Å². The van der Waals surface area contributed by atoms with Crippen LogP contribution in [0.3, 0.4) is 0 Å². The van der Waals surface area contributed by atoms with Gasteiger partial charge < -0.3 is 10.6 Å². The summed E-state index contributed by atoms with van der Waals surface area (Å²) in [5, 5.41) is 17.3. The zero-order valence-electron chi connectivity index (χ0n) is 12.2. The number of nitrogens with zero attached hydrogens (tertiary/aromatic N) is 3. The Morgan fingerprint density at radius 1 is 1.00 bits per heavy atom. The van der Waals surface area contributed by atoms with Crippen molar-refractivity contribution >= 4 is 17.3 Å². The van der Waals surface area contributed by atoms with E-state index < -0.39 is 4.92 Å². The third-order valence-corrected chi connectivity index (χ3v) is 1.99. The molecule has 0 aliphatic heterocycles. The van der Waals surface area contributed by atoms with E-state index in [0.717, 1.165) is 0 Å². The summed E-state index contributed by atoms with van der Waals surface area (Å²) in [6.07, 6.45) is 1.31. The minimum Gasteiger partial charge on any atom is -0.360 e. The van der Waals surface area contributed by atoms with Crippen LogP contribution in [0.4, 0.5) is 17.3 Å². The van der Waals surface area contributed by atoms with Crippen molar-refractivity contribution in [1.82, 2.24) is 9.97 Å². The number of rotatable bonds is 3. The van der Waals surface area contributed by atoms with E-state index in [0.29, 0.717) is 0 Å². The van der Waals surface area contributed by atoms with Gasteiger partial charge in [0.15, 0.2) is 0 Å². The fourth-order valence-corrected chi connectivity index (χ4v) is 1.45. The van der Waals surface area contributed by atoms with E-state index >= 15 is 0 Å². The van der Waals surface area contributed by atoms with Crippen molar-refractivity contribution in [3.05, 3.63) is 16.4 Å². The molecule has 106 valence electrons. The second-order valence-electron chi connectivity index (χ2n) is 6.43. The third kappa shape index (κ3) is 4.69. The summed E-state index contributed by atoms with van der Waals surface area (Å²) in [6.45, 7) is 11.5. The van der Waals surface area contributed by atoms with Gasteiger partial charge in [-0.05, 0) is 41.5 Å². The van der Waals surface area contributed by atoms with Gasteiger partial charge in [0.2, 0.25) is 11.6 Å². The first-order chi connectivity index (χ1) is 8.49. The van der Waals surface area contributed by atoms with Crippen LogP contribution in [-0.4, -0.2) is 26.0 Å². The van der Waals surface area contributed by atoms with Crippen LogP contribution in [0.25, 0.3) is 0 Å². The van der Waals surface area contributed by atoms with Crippen molar-refractivity contribution in [3.63, 3.8) is 0 Å². The van der Waals surface area contributed by atoms with Gasteiger partial charge in [0, 0.05) is 11.1 Å². The number of nitro groups is 1. The average molecular weight is 267 g/mol. The molecule has 19 heavy (non-hydrogen) atoms. The molecular weight excluding hydrogens is 246 g/mol. The largest absolute Gasteiger partial charge is 0.360 e. The van der Waals surface area contributed by atoms with Crippen LogP contribution in [0.1, 0.15) is 41.5 Å². The van der Waals surface area contributed by atoms with Crippen LogP contribution in [0.15, 0.2) is 6.33 Å². The SMILES string of the molecule is CC(C)(C)Nc1ncnc(NC(C)(C)C)c1[N+](=O)[O-]. The minimum absolute atomic E-state index is 0.132. The first-order valence-electron chi connectivity index (χ1n) is 6.05. The van der Waals surface area contributed by atoms with E-state index in [1.165, 1.54) is 6.33 Å². The topological polar surface area (TPSA) is 93.0 Å². The monoisotopic (exact) mass is 267 g/mol. The Bertz CT molecular complexity index is 440. The Labute approximate surface area is 113 Å². The molecule has 0 amide bonds. The van der Waals surface area contributed by atoms with Gasteiger partial charge in [0.25, 0.3) is 0 Å². The van der Waals surface area contributed by atoms with Gasteiger partial charge in [-0.2, -0.15) is 0 Å². The van der Waals surface area contributed by atoms with Crippen molar-refractivity contribution < 1.29 is 4.92 Å². The van der Waals surface area contributed by atoms with E-state index in [9.17, 15) is 10.1 Å². The summed E-state index contributed by atoms with van der Waals surface area (Å²) in [5.41, 5.74) is -0.775. The average Bonchev–Trinajstić information content (AvgIpc) is 2.11. The van der Waals surface area contributed by atoms with Crippen LogP contribution >= 0.6 is 0 Å². The zero-order chi connectivity index (χ0) is 14.8. The molecule has 1 aromatic rings. The highest BCUT2D eigenvalue weighted by Crippen LogP contribution is 2.32. The molecule has 7 heteroatoms. The third-order valence-electron chi connectivity index (χ3n) is 1.99. The van der Waals surface area contributed by atoms with Gasteiger partial charge in [-0.25, -0.2) is 9.97 Å². The Morgan fingerprint density at radius 2 is 1.37 bits per heavy atom. The molecule has 1 rings (SSSR count). The van der Waals surface area contributed by atoms with E-state index in [4.69, 9.17) is 0 Å². The molecule has 0 aromatic carbocycles. The van der Waals surface area contributed by atoms with Crippen molar-refractivity contribution in [3.8, 4) is 0 Å². The molecule has 0 bridgehead atoms. The molecule has 1 aromatic heterocycles. The van der Waals surface area contributed by atoms with E-state index in [1.807, 2.05) is 41.5 Å². The number of nitrogens with one attached hydrogen (secondary N) is 2. The number of anilines is 2. The molecular formula is C12H21N5O2. The molecule has 0 unspecified atom stereocenters. The predicted molar refractivity (Wildman–Crippen MR) is 75.4 cm³/mol. The fraction of sp³-hybridized carbons (Fsp3) is 0.667. The lowest BCUT2D eigenvalue weighted by atomic mass is 10.1. The summed E-state index contributed by atoms with van der Waals surface area (Å²) >= 11 is 0. The second-order valence-corrected chi connectivity index (χ2v) is 6.43. The highest BCUT2D eigenvalue weighted by atomic mass is 16.6. The Balaban J connectivity index is 3.26. The second kappa shape index (κ2) is 4.99. The van der Waals surface area contributed by atoms with Crippen molar-refractivity contribution in [1.29, 1.82) is 0 Å². The Hall–Kier alpha value is -1.92. The maximum atomic E-state index is 11.3. The molecule has 0 spiro atoms. The molecule has 0 fully saturated rings. The summed E-state index contributed by atoms with van der Waals surface area (Å²) in [5.74, 6) is 0.443. The van der Waals surface area contributed by atoms with Gasteiger partial charge in [-0.1, -0.05) is 0 Å². The van der Waals surface area contributed by atoms with Crippen LogP contribution in [0.2, 0.25) is 0 Å². The summed E-state index contributed by atoms with van der Waals surface area (Å²) in [7, 11) is 0. The van der Waals surface area contributed by atoms with Crippen LogP contribution in [0, 0.1) is 10.1 Å². The van der Waals surface area contributed by atoms with E-state index in [-0.39, 0.29) is 28.4 Å². The molecule has 1 heterocycles. The number of hydrogen-bond acceptors (Lipinski definition) is 6. The zero-order valence-corrected chi connectivity index (χ0v) is 12.2. The predicted octanol–water partition coefficient (Wildman–Crippen LogP) is 2.81. The molecule has 0 saturated carbocycles. The quantitative estimate of drug-likeness (QED) is 0.646. The van der Waals surface area contributed by atoms with Crippen molar-refractivity contribution in [2.45, 2.75) is 52.6 Å². The lowest BCUT2D eigenvalue weighted by Gasteiger charge is -2.23. The Kier molecular flexibility index (Phi) is 3.97. The first-order valence-corrected chi connectivity index (χ1v) is 6.05. The van der Waals surface area contributed by atoms with E-state index in [2.05, 4.69) is 20.6 Å². The highest BCUT2D eigenvalue weighted by Gasteiger charge is 2.27. The van der Waals surface area contributed by atoms with Crippen LogP contribution in [-0.2, 0) is 0 Å². The standard InChI is InChI=1S/C12H21N5O2/c1-11(2,3)15-9-8(17(18)19)10(14-7-13-9)16-12(4,5)6/h7H,1-6H3,(H2,13,14,15,16). The lowest BCUT2D eigenvalue weighted by Crippen LogP contribution is -2.29. The van der Waals surface area contributed by atoms with Gasteiger partial charge in [-0.15, -0.1) is 0 Å². The Morgan fingerprint density at radius 3 is 1.63 bits per heavy atom. The smallest absolute Gasteiger partial charge is 0.353 e. The molecule has 0 aliphatic rings. The summed E-state index contributed by atoms with van der Waals surface area (Å²) in [4.78, 5) is 18.7. The van der Waals surface area contributed by atoms with E-state index in [1.54, 1.807) is 0 Å². The van der Waals surface area contributed by atoms with Gasteiger partial charge in [0.1, 0.15) is 6.33 Å². The highest BCUT2D eigenvalue weighted by molar-refractivity contribution is 5.70. The molecule has 0 aliphatic carbocycles. The lowest BCUT2D eigenvalue weighted by molar-refractivity contribution is -0.383. The van der Waals surface area contributed by atoms with Crippen molar-refractivity contribution in [2.24, 2.45) is 0 Å². The molecule has 2 N–H and O–H groups in total. The molecule has 0 atom stereocenters. The van der Waals surface area contributed by atoms with Gasteiger partial charge in [0.05, 0.1) is 4.92 Å². The molecule has 0 saturated heterocycles. The fourth-order valence-electron chi connectivity index (χ4n) is 1.45. The van der Waals surface area contributed by atoms with Crippen molar-refractivity contribution in [2.75, 3.05) is 10.6 Å². The first kappa shape index (κ1) is 15.1. The van der Waals surface area contributed by atoms with Crippen LogP contribution in [0.5, 0.6) is 0 Å². The number of hydrogen-bond donors (Lipinski definition) is 2. The van der Waals surface area contributed by atoms with Gasteiger partial charge in [-0.3, -0.25) is 10.1 Å². The number of aromatic nitrogens is 2. The molecule has 0 radical (unpaired) electrons.